The smallest absolute Gasteiger partial charge is 0.318 e. The van der Waals surface area contributed by atoms with E-state index in [4.69, 9.17) is 5.73 Å². The topological polar surface area (TPSA) is 26.0 Å². The molecular weight excluding hydrogens is 143 g/mol. The van der Waals surface area contributed by atoms with Gasteiger partial charge >= 0.3 is 6.18 Å². The SMILES string of the molecule is NC1(C(F)(F)F)CCCC1. The Labute approximate surface area is 57.4 Å². The van der Waals surface area contributed by atoms with Crippen LogP contribution in [0.25, 0.3) is 0 Å². The highest BCUT2D eigenvalue weighted by Crippen LogP contribution is 2.40. The van der Waals surface area contributed by atoms with Crippen molar-refractivity contribution in [1.29, 1.82) is 0 Å². The summed E-state index contributed by atoms with van der Waals surface area (Å²) in [5, 5.41) is 0. The number of halogens is 3. The molecule has 0 aromatic heterocycles. The molecule has 0 saturated heterocycles. The molecule has 0 amide bonds. The second-order valence-corrected chi connectivity index (χ2v) is 2.86. The Morgan fingerprint density at radius 3 is 1.70 bits per heavy atom. The summed E-state index contributed by atoms with van der Waals surface area (Å²) in [7, 11) is 0. The maximum absolute atomic E-state index is 12.0. The molecule has 1 saturated carbocycles. The summed E-state index contributed by atoms with van der Waals surface area (Å²) in [6.07, 6.45) is -2.80. The average Bonchev–Trinajstić information content (AvgIpc) is 2.13. The van der Waals surface area contributed by atoms with E-state index in [0.29, 0.717) is 12.8 Å². The minimum absolute atomic E-state index is 0.0938. The van der Waals surface area contributed by atoms with Gasteiger partial charge in [-0.05, 0) is 12.8 Å². The first-order valence-electron chi connectivity index (χ1n) is 3.31. The van der Waals surface area contributed by atoms with Crippen molar-refractivity contribution >= 4 is 0 Å². The van der Waals surface area contributed by atoms with Crippen LogP contribution in [0, 0.1) is 0 Å². The van der Waals surface area contributed by atoms with Gasteiger partial charge in [-0.1, -0.05) is 12.8 Å². The minimum atomic E-state index is -4.20. The highest BCUT2D eigenvalue weighted by atomic mass is 19.4. The molecule has 1 aliphatic rings. The molecule has 0 heterocycles. The zero-order valence-corrected chi connectivity index (χ0v) is 5.54. The van der Waals surface area contributed by atoms with E-state index in [1.54, 1.807) is 0 Å². The van der Waals surface area contributed by atoms with Crippen LogP contribution in [0.4, 0.5) is 13.2 Å². The van der Waals surface area contributed by atoms with Crippen LogP contribution >= 0.6 is 0 Å². The van der Waals surface area contributed by atoms with Crippen LogP contribution in [0.1, 0.15) is 25.7 Å². The Morgan fingerprint density at radius 2 is 1.50 bits per heavy atom. The second kappa shape index (κ2) is 2.12. The maximum Gasteiger partial charge on any atom is 0.406 e. The summed E-state index contributed by atoms with van der Waals surface area (Å²) in [5.74, 6) is 0. The lowest BCUT2D eigenvalue weighted by Crippen LogP contribution is -2.50. The van der Waals surface area contributed by atoms with E-state index < -0.39 is 11.7 Å². The Balaban J connectivity index is 2.67. The van der Waals surface area contributed by atoms with Crippen molar-refractivity contribution in [2.75, 3.05) is 0 Å². The molecule has 1 nitrogen and oxygen atoms in total. The zero-order valence-electron chi connectivity index (χ0n) is 5.54. The standard InChI is InChI=1S/C6H10F3N/c7-6(8,9)5(10)3-1-2-4-5/h1-4,10H2. The third-order valence-electron chi connectivity index (χ3n) is 2.06. The molecule has 0 spiro atoms. The van der Waals surface area contributed by atoms with E-state index in [1.165, 1.54) is 0 Å². The van der Waals surface area contributed by atoms with Gasteiger partial charge in [-0.2, -0.15) is 13.2 Å². The highest BCUT2D eigenvalue weighted by molar-refractivity contribution is 4.95. The van der Waals surface area contributed by atoms with Crippen LogP contribution in [0.5, 0.6) is 0 Å². The summed E-state index contributed by atoms with van der Waals surface area (Å²) in [5.41, 5.74) is 3.24. The lowest BCUT2D eigenvalue weighted by Gasteiger charge is -2.26. The van der Waals surface area contributed by atoms with Crippen LogP contribution in [-0.2, 0) is 0 Å². The van der Waals surface area contributed by atoms with Gasteiger partial charge in [0.05, 0.1) is 0 Å². The summed E-state index contributed by atoms with van der Waals surface area (Å²) in [6.45, 7) is 0. The number of hydrogen-bond donors (Lipinski definition) is 1. The minimum Gasteiger partial charge on any atom is -0.318 e. The van der Waals surface area contributed by atoms with Crippen molar-refractivity contribution in [3.63, 3.8) is 0 Å². The molecule has 0 unspecified atom stereocenters. The van der Waals surface area contributed by atoms with Crippen molar-refractivity contribution < 1.29 is 13.2 Å². The summed E-state index contributed by atoms with van der Waals surface area (Å²) < 4.78 is 36.1. The summed E-state index contributed by atoms with van der Waals surface area (Å²) >= 11 is 0. The fraction of sp³-hybridized carbons (Fsp3) is 1.00. The lowest BCUT2D eigenvalue weighted by atomic mass is 9.99. The van der Waals surface area contributed by atoms with Crippen LogP contribution in [-0.4, -0.2) is 11.7 Å². The highest BCUT2D eigenvalue weighted by Gasteiger charge is 2.52. The van der Waals surface area contributed by atoms with Crippen molar-refractivity contribution in [3.8, 4) is 0 Å². The van der Waals surface area contributed by atoms with Crippen molar-refractivity contribution in [3.05, 3.63) is 0 Å². The Kier molecular flexibility index (Phi) is 1.66. The van der Waals surface area contributed by atoms with Gasteiger partial charge in [0.2, 0.25) is 0 Å². The maximum atomic E-state index is 12.0. The molecule has 0 aromatic rings. The molecule has 0 atom stereocenters. The second-order valence-electron chi connectivity index (χ2n) is 2.86. The molecule has 60 valence electrons. The van der Waals surface area contributed by atoms with Gasteiger partial charge in [-0.25, -0.2) is 0 Å². The van der Waals surface area contributed by atoms with Gasteiger partial charge in [-0.15, -0.1) is 0 Å². The molecule has 1 fully saturated rings. The molecule has 0 aromatic carbocycles. The molecule has 4 heteroatoms. The Bertz CT molecular complexity index is 123. The summed E-state index contributed by atoms with van der Waals surface area (Å²) in [4.78, 5) is 0. The molecule has 10 heavy (non-hydrogen) atoms. The van der Waals surface area contributed by atoms with Gasteiger partial charge in [-0.3, -0.25) is 0 Å². The van der Waals surface area contributed by atoms with Gasteiger partial charge in [0.15, 0.2) is 0 Å². The first-order chi connectivity index (χ1) is 4.46. The van der Waals surface area contributed by atoms with E-state index in [2.05, 4.69) is 0 Å². The number of hydrogen-bond acceptors (Lipinski definition) is 1. The molecule has 2 N–H and O–H groups in total. The first kappa shape index (κ1) is 7.85. The lowest BCUT2D eigenvalue weighted by molar-refractivity contribution is -0.183. The van der Waals surface area contributed by atoms with Crippen molar-refractivity contribution in [2.24, 2.45) is 5.73 Å². The Hall–Kier alpha value is -0.250. The Morgan fingerprint density at radius 1 is 1.10 bits per heavy atom. The molecule has 1 rings (SSSR count). The monoisotopic (exact) mass is 153 g/mol. The van der Waals surface area contributed by atoms with Crippen molar-refractivity contribution in [1.82, 2.24) is 0 Å². The van der Waals surface area contributed by atoms with Gasteiger partial charge in [0, 0.05) is 0 Å². The summed E-state index contributed by atoms with van der Waals surface area (Å²) in [6, 6.07) is 0. The van der Waals surface area contributed by atoms with Gasteiger partial charge < -0.3 is 5.73 Å². The number of alkyl halides is 3. The molecule has 0 bridgehead atoms. The third-order valence-corrected chi connectivity index (χ3v) is 2.06. The van der Waals surface area contributed by atoms with E-state index in [-0.39, 0.29) is 12.8 Å². The molecule has 0 aliphatic heterocycles. The third kappa shape index (κ3) is 1.12. The molecular formula is C6H10F3N. The van der Waals surface area contributed by atoms with Crippen LogP contribution < -0.4 is 5.73 Å². The van der Waals surface area contributed by atoms with E-state index in [1.807, 2.05) is 0 Å². The largest absolute Gasteiger partial charge is 0.406 e. The molecule has 1 aliphatic carbocycles. The van der Waals surface area contributed by atoms with Gasteiger partial charge in [0.25, 0.3) is 0 Å². The van der Waals surface area contributed by atoms with Gasteiger partial charge in [0.1, 0.15) is 5.54 Å². The fourth-order valence-corrected chi connectivity index (χ4v) is 1.29. The predicted octanol–water partition coefficient (Wildman–Crippen LogP) is 1.82. The van der Waals surface area contributed by atoms with Crippen LogP contribution in [0.15, 0.2) is 0 Å². The predicted molar refractivity (Wildman–Crippen MR) is 31.4 cm³/mol. The molecule has 0 radical (unpaired) electrons. The first-order valence-corrected chi connectivity index (χ1v) is 3.31. The van der Waals surface area contributed by atoms with E-state index in [0.717, 1.165) is 0 Å². The van der Waals surface area contributed by atoms with Crippen LogP contribution in [0.3, 0.4) is 0 Å². The van der Waals surface area contributed by atoms with Crippen LogP contribution in [0.2, 0.25) is 0 Å². The quantitative estimate of drug-likeness (QED) is 0.564. The van der Waals surface area contributed by atoms with Crippen molar-refractivity contribution in [2.45, 2.75) is 37.4 Å². The zero-order chi connectivity index (χ0) is 7.83. The number of nitrogens with two attached hydrogens (primary N) is 1. The number of rotatable bonds is 0. The van der Waals surface area contributed by atoms with E-state index in [9.17, 15) is 13.2 Å². The fourth-order valence-electron chi connectivity index (χ4n) is 1.29. The van der Waals surface area contributed by atoms with E-state index >= 15 is 0 Å². The normalized spacial score (nSPS) is 25.2. The average molecular weight is 153 g/mol.